The van der Waals surface area contributed by atoms with Crippen LogP contribution in [0.1, 0.15) is 63.3 Å². The quantitative estimate of drug-likeness (QED) is 0.296. The van der Waals surface area contributed by atoms with Crippen LogP contribution >= 0.6 is 0 Å². The molecule has 0 saturated heterocycles. The Labute approximate surface area is 203 Å². The van der Waals surface area contributed by atoms with E-state index in [1.807, 2.05) is 31.2 Å². The first-order chi connectivity index (χ1) is 16.4. The van der Waals surface area contributed by atoms with Gasteiger partial charge in [0.05, 0.1) is 11.0 Å². The van der Waals surface area contributed by atoms with Crippen LogP contribution in [0.25, 0.3) is 11.0 Å². The Balaban J connectivity index is 1.37. The summed E-state index contributed by atoms with van der Waals surface area (Å²) in [5, 5.41) is 3.05. The maximum absolute atomic E-state index is 12.3. The number of para-hydroxylation sites is 2. The van der Waals surface area contributed by atoms with E-state index >= 15 is 0 Å². The van der Waals surface area contributed by atoms with Gasteiger partial charge in [0.2, 0.25) is 0 Å². The highest BCUT2D eigenvalue weighted by molar-refractivity contribution is 5.94. The summed E-state index contributed by atoms with van der Waals surface area (Å²) in [6.07, 6.45) is 4.01. The van der Waals surface area contributed by atoms with E-state index in [1.165, 1.54) is 27.8 Å². The first-order valence-electron chi connectivity index (χ1n) is 12.3. The van der Waals surface area contributed by atoms with Gasteiger partial charge >= 0.3 is 0 Å². The number of amides is 1. The lowest BCUT2D eigenvalue weighted by Gasteiger charge is -2.15. The molecule has 1 amide bonds. The van der Waals surface area contributed by atoms with Crippen molar-refractivity contribution in [3.63, 3.8) is 0 Å². The van der Waals surface area contributed by atoms with Gasteiger partial charge in [0.15, 0.2) is 0 Å². The number of rotatable bonds is 9. The Kier molecular flexibility index (Phi) is 7.46. The van der Waals surface area contributed by atoms with E-state index in [1.54, 1.807) is 0 Å². The van der Waals surface area contributed by atoms with Gasteiger partial charge in [-0.2, -0.15) is 0 Å². The summed E-state index contributed by atoms with van der Waals surface area (Å²) in [6, 6.07) is 20.7. The molecule has 4 rings (SSSR count). The van der Waals surface area contributed by atoms with Crippen molar-refractivity contribution < 1.29 is 4.79 Å². The normalized spacial score (nSPS) is 11.2. The van der Waals surface area contributed by atoms with Crippen LogP contribution in [-0.4, -0.2) is 22.0 Å². The minimum absolute atomic E-state index is 0.00864. The molecule has 0 aliphatic carbocycles. The number of unbranched alkanes of at least 4 members (excludes halogenated alkanes) is 2. The van der Waals surface area contributed by atoms with Crippen molar-refractivity contribution in [3.05, 3.63) is 99.9 Å². The SMILES string of the molecule is Cc1cccc(C(=O)NCCCCCc2nc3ccccc3n2Cc2c(C)cc(C)cc2C)c1. The number of hydrogen-bond donors (Lipinski definition) is 1. The number of carbonyl (C=O) groups is 1. The van der Waals surface area contributed by atoms with Gasteiger partial charge in [-0.15, -0.1) is 0 Å². The Morgan fingerprint density at radius 2 is 1.62 bits per heavy atom. The number of aromatic nitrogens is 2. The van der Waals surface area contributed by atoms with Gasteiger partial charge in [-0.3, -0.25) is 4.79 Å². The van der Waals surface area contributed by atoms with Crippen molar-refractivity contribution in [3.8, 4) is 0 Å². The first kappa shape index (κ1) is 23.7. The molecule has 0 bridgehead atoms. The molecule has 0 radical (unpaired) electrons. The maximum atomic E-state index is 12.3. The molecule has 34 heavy (non-hydrogen) atoms. The zero-order valence-corrected chi connectivity index (χ0v) is 20.8. The molecule has 0 aliphatic rings. The van der Waals surface area contributed by atoms with E-state index in [2.05, 4.69) is 67.1 Å². The van der Waals surface area contributed by atoms with Crippen molar-refractivity contribution >= 4 is 16.9 Å². The van der Waals surface area contributed by atoms with Crippen molar-refractivity contribution in [1.29, 1.82) is 0 Å². The molecule has 176 valence electrons. The third-order valence-electron chi connectivity index (χ3n) is 6.53. The van der Waals surface area contributed by atoms with Crippen molar-refractivity contribution in [2.24, 2.45) is 0 Å². The molecule has 0 fully saturated rings. The Morgan fingerprint density at radius 1 is 0.853 bits per heavy atom. The van der Waals surface area contributed by atoms with Crippen LogP contribution in [-0.2, 0) is 13.0 Å². The monoisotopic (exact) mass is 453 g/mol. The number of nitrogens with one attached hydrogen (secondary N) is 1. The maximum Gasteiger partial charge on any atom is 0.251 e. The predicted octanol–water partition coefficient (Wildman–Crippen LogP) is 6.46. The molecule has 3 aromatic carbocycles. The van der Waals surface area contributed by atoms with Crippen LogP contribution < -0.4 is 5.32 Å². The Hall–Kier alpha value is -3.40. The fraction of sp³-hybridized carbons (Fsp3) is 0.333. The van der Waals surface area contributed by atoms with Gasteiger partial charge < -0.3 is 9.88 Å². The fourth-order valence-electron chi connectivity index (χ4n) is 4.79. The zero-order valence-electron chi connectivity index (χ0n) is 20.8. The van der Waals surface area contributed by atoms with Gasteiger partial charge in [-0.1, -0.05) is 53.9 Å². The fourth-order valence-corrected chi connectivity index (χ4v) is 4.79. The lowest BCUT2D eigenvalue weighted by molar-refractivity contribution is 0.0953. The van der Waals surface area contributed by atoms with E-state index in [9.17, 15) is 4.79 Å². The molecule has 0 spiro atoms. The van der Waals surface area contributed by atoms with Crippen molar-refractivity contribution in [2.45, 2.75) is 59.9 Å². The number of carbonyl (C=O) groups excluding carboxylic acids is 1. The summed E-state index contributed by atoms with van der Waals surface area (Å²) < 4.78 is 2.39. The molecule has 1 heterocycles. The average molecular weight is 454 g/mol. The summed E-state index contributed by atoms with van der Waals surface area (Å²) >= 11 is 0. The molecule has 0 aliphatic heterocycles. The minimum Gasteiger partial charge on any atom is -0.352 e. The number of nitrogens with zero attached hydrogens (tertiary/aromatic N) is 2. The number of benzene rings is 3. The van der Waals surface area contributed by atoms with E-state index < -0.39 is 0 Å². The molecular formula is C30H35N3O. The van der Waals surface area contributed by atoms with Crippen LogP contribution in [0.4, 0.5) is 0 Å². The molecule has 0 unspecified atom stereocenters. The van der Waals surface area contributed by atoms with Crippen LogP contribution in [0.2, 0.25) is 0 Å². The van der Waals surface area contributed by atoms with E-state index in [4.69, 9.17) is 4.98 Å². The smallest absolute Gasteiger partial charge is 0.251 e. The van der Waals surface area contributed by atoms with Gasteiger partial charge in [0.25, 0.3) is 5.91 Å². The standard InChI is InChI=1S/C30H35N3O/c1-21-11-10-12-25(19-21)30(34)31-16-9-5-6-15-29-32-27-13-7-8-14-28(27)33(29)20-26-23(3)17-22(2)18-24(26)4/h7-8,10-14,17-19H,5-6,9,15-16,20H2,1-4H3,(H,31,34). The van der Waals surface area contributed by atoms with Crippen LogP contribution in [0.5, 0.6) is 0 Å². The minimum atomic E-state index is 0.00864. The first-order valence-corrected chi connectivity index (χ1v) is 12.3. The van der Waals surface area contributed by atoms with Gasteiger partial charge in [0.1, 0.15) is 5.82 Å². The van der Waals surface area contributed by atoms with Crippen LogP contribution in [0.15, 0.2) is 60.7 Å². The second-order valence-corrected chi connectivity index (χ2v) is 9.42. The summed E-state index contributed by atoms with van der Waals surface area (Å²) in [7, 11) is 0. The zero-order chi connectivity index (χ0) is 24.1. The molecule has 4 nitrogen and oxygen atoms in total. The molecule has 1 N–H and O–H groups in total. The second-order valence-electron chi connectivity index (χ2n) is 9.42. The Morgan fingerprint density at radius 3 is 2.38 bits per heavy atom. The molecule has 0 atom stereocenters. The molecule has 4 aromatic rings. The molecule has 0 saturated carbocycles. The predicted molar refractivity (Wildman–Crippen MR) is 141 cm³/mol. The third-order valence-corrected chi connectivity index (χ3v) is 6.53. The molecule has 4 heteroatoms. The van der Waals surface area contributed by atoms with Gasteiger partial charge in [-0.05, 0) is 81.5 Å². The van der Waals surface area contributed by atoms with Crippen molar-refractivity contribution in [2.75, 3.05) is 6.54 Å². The van der Waals surface area contributed by atoms with Crippen LogP contribution in [0, 0.1) is 27.7 Å². The number of aryl methyl sites for hydroxylation is 5. The summed E-state index contributed by atoms with van der Waals surface area (Å²) in [6.45, 7) is 10.1. The second kappa shape index (κ2) is 10.7. The number of fused-ring (bicyclic) bond motifs is 1. The van der Waals surface area contributed by atoms with E-state index in [-0.39, 0.29) is 5.91 Å². The van der Waals surface area contributed by atoms with Crippen molar-refractivity contribution in [1.82, 2.24) is 14.9 Å². The number of hydrogen-bond acceptors (Lipinski definition) is 2. The van der Waals surface area contributed by atoms with Gasteiger partial charge in [0, 0.05) is 25.1 Å². The third kappa shape index (κ3) is 5.56. The van der Waals surface area contributed by atoms with E-state index in [0.29, 0.717) is 6.54 Å². The lowest BCUT2D eigenvalue weighted by Crippen LogP contribution is -2.24. The summed E-state index contributed by atoms with van der Waals surface area (Å²) in [5.41, 5.74) is 9.46. The lowest BCUT2D eigenvalue weighted by atomic mass is 9.99. The average Bonchev–Trinajstić information content (AvgIpc) is 3.15. The summed E-state index contributed by atoms with van der Waals surface area (Å²) in [4.78, 5) is 17.3. The molecular weight excluding hydrogens is 418 g/mol. The van der Waals surface area contributed by atoms with E-state index in [0.717, 1.165) is 54.7 Å². The number of imidazole rings is 1. The van der Waals surface area contributed by atoms with Crippen LogP contribution in [0.3, 0.4) is 0 Å². The largest absolute Gasteiger partial charge is 0.352 e. The highest BCUT2D eigenvalue weighted by Crippen LogP contribution is 2.23. The topological polar surface area (TPSA) is 46.9 Å². The highest BCUT2D eigenvalue weighted by atomic mass is 16.1. The highest BCUT2D eigenvalue weighted by Gasteiger charge is 2.13. The molecule has 1 aromatic heterocycles. The Bertz CT molecular complexity index is 1280. The van der Waals surface area contributed by atoms with Gasteiger partial charge in [-0.25, -0.2) is 4.98 Å². The summed E-state index contributed by atoms with van der Waals surface area (Å²) in [5.74, 6) is 1.15.